The normalized spacial score (nSPS) is 12.0. The lowest BCUT2D eigenvalue weighted by Gasteiger charge is -2.12. The van der Waals surface area contributed by atoms with Crippen molar-refractivity contribution < 1.29 is 19.1 Å². The van der Waals surface area contributed by atoms with Crippen LogP contribution in [-0.2, 0) is 16.0 Å². The van der Waals surface area contributed by atoms with Crippen molar-refractivity contribution in [3.05, 3.63) is 70.7 Å². The van der Waals surface area contributed by atoms with E-state index in [2.05, 4.69) is 10.6 Å². The molecule has 0 atom stereocenters. The van der Waals surface area contributed by atoms with Crippen molar-refractivity contribution in [1.29, 1.82) is 0 Å². The summed E-state index contributed by atoms with van der Waals surface area (Å²) in [5.41, 5.74) is 5.47. The van der Waals surface area contributed by atoms with Gasteiger partial charge in [-0.3, -0.25) is 9.59 Å². The van der Waals surface area contributed by atoms with E-state index in [-0.39, 0.29) is 18.3 Å². The van der Waals surface area contributed by atoms with E-state index >= 15 is 0 Å². The number of anilines is 3. The second-order valence-corrected chi connectivity index (χ2v) is 7.55. The summed E-state index contributed by atoms with van der Waals surface area (Å²) >= 11 is 6.14. The van der Waals surface area contributed by atoms with Gasteiger partial charge in [0, 0.05) is 6.42 Å². The lowest BCUT2D eigenvalue weighted by molar-refractivity contribution is -0.140. The van der Waals surface area contributed by atoms with Gasteiger partial charge in [0.1, 0.15) is 5.75 Å². The van der Waals surface area contributed by atoms with Crippen LogP contribution in [0.2, 0.25) is 5.02 Å². The number of carbonyl (C=O) groups is 2. The van der Waals surface area contributed by atoms with Crippen LogP contribution in [0.25, 0.3) is 11.1 Å². The molecule has 0 radical (unpaired) electrons. The predicted octanol–water partition coefficient (Wildman–Crippen LogP) is 5.43. The fourth-order valence-corrected chi connectivity index (χ4v) is 3.70. The van der Waals surface area contributed by atoms with Crippen molar-refractivity contribution in [3.8, 4) is 16.9 Å². The summed E-state index contributed by atoms with van der Waals surface area (Å²) in [7, 11) is 2.94. The van der Waals surface area contributed by atoms with Gasteiger partial charge in [0.05, 0.1) is 41.9 Å². The van der Waals surface area contributed by atoms with E-state index < -0.39 is 0 Å². The summed E-state index contributed by atoms with van der Waals surface area (Å²) in [5.74, 6) is 0.118. The molecule has 0 saturated heterocycles. The van der Waals surface area contributed by atoms with Crippen LogP contribution in [0.1, 0.15) is 22.3 Å². The molecule has 0 saturated carbocycles. The summed E-state index contributed by atoms with van der Waals surface area (Å²) in [4.78, 5) is 24.2. The molecule has 0 aromatic heterocycles. The Kier molecular flexibility index (Phi) is 5.82. The highest BCUT2D eigenvalue weighted by molar-refractivity contribution is 6.32. The highest BCUT2D eigenvalue weighted by Gasteiger charge is 2.20. The molecular formula is C24H21ClN2O4. The number of hydrogen-bond donors (Lipinski definition) is 2. The SMILES string of the molecule is COC(=O)CCc1ccc2c(c1)NC(=O)c1ccc(-c3ccc(Cl)c(OC)c3)cc1N2. The number of fused-ring (bicyclic) bond motifs is 2. The van der Waals surface area contributed by atoms with Crippen LogP contribution in [0.5, 0.6) is 5.75 Å². The minimum Gasteiger partial charge on any atom is -0.495 e. The number of halogens is 1. The van der Waals surface area contributed by atoms with E-state index in [0.717, 1.165) is 22.4 Å². The highest BCUT2D eigenvalue weighted by Crippen LogP contribution is 2.37. The Morgan fingerprint density at radius 1 is 0.903 bits per heavy atom. The van der Waals surface area contributed by atoms with Gasteiger partial charge in [-0.1, -0.05) is 29.8 Å². The van der Waals surface area contributed by atoms with Gasteiger partial charge >= 0.3 is 5.97 Å². The summed E-state index contributed by atoms with van der Waals surface area (Å²) in [6.45, 7) is 0. The quantitative estimate of drug-likeness (QED) is 0.521. The lowest BCUT2D eigenvalue weighted by atomic mass is 10.0. The van der Waals surface area contributed by atoms with Crippen molar-refractivity contribution in [2.75, 3.05) is 24.9 Å². The second-order valence-electron chi connectivity index (χ2n) is 7.14. The third-order valence-electron chi connectivity index (χ3n) is 5.20. The second kappa shape index (κ2) is 8.70. The van der Waals surface area contributed by atoms with Gasteiger partial charge in [-0.25, -0.2) is 0 Å². The van der Waals surface area contributed by atoms with Crippen molar-refractivity contribution >= 4 is 40.5 Å². The number of carbonyl (C=O) groups excluding carboxylic acids is 2. The zero-order valence-electron chi connectivity index (χ0n) is 17.1. The molecule has 0 aliphatic carbocycles. The zero-order valence-corrected chi connectivity index (χ0v) is 17.9. The fraction of sp³-hybridized carbons (Fsp3) is 0.167. The molecule has 6 nitrogen and oxygen atoms in total. The predicted molar refractivity (Wildman–Crippen MR) is 121 cm³/mol. The van der Waals surface area contributed by atoms with Crippen molar-refractivity contribution in [3.63, 3.8) is 0 Å². The van der Waals surface area contributed by atoms with Gasteiger partial charge in [0.2, 0.25) is 0 Å². The molecule has 1 aliphatic heterocycles. The van der Waals surface area contributed by atoms with Gasteiger partial charge in [0.15, 0.2) is 0 Å². The van der Waals surface area contributed by atoms with E-state index in [1.807, 2.05) is 42.5 Å². The minimum absolute atomic E-state index is 0.202. The third-order valence-corrected chi connectivity index (χ3v) is 5.51. The molecule has 2 N–H and O–H groups in total. The van der Waals surface area contributed by atoms with Crippen LogP contribution in [0.4, 0.5) is 17.1 Å². The maximum Gasteiger partial charge on any atom is 0.305 e. The molecule has 3 aromatic carbocycles. The number of rotatable bonds is 5. The Labute approximate surface area is 185 Å². The van der Waals surface area contributed by atoms with Crippen LogP contribution in [0, 0.1) is 0 Å². The summed E-state index contributed by atoms with van der Waals surface area (Å²) < 4.78 is 10.0. The molecule has 4 rings (SSSR count). The molecule has 3 aromatic rings. The number of benzene rings is 3. The maximum absolute atomic E-state index is 12.8. The zero-order chi connectivity index (χ0) is 22.0. The van der Waals surface area contributed by atoms with E-state index in [1.165, 1.54) is 7.11 Å². The molecule has 0 fully saturated rings. The Balaban J connectivity index is 1.65. The molecule has 0 spiro atoms. The molecule has 0 bridgehead atoms. The van der Waals surface area contributed by atoms with Crippen LogP contribution in [-0.4, -0.2) is 26.1 Å². The first kappa shape index (κ1) is 20.8. The van der Waals surface area contributed by atoms with Crippen LogP contribution in [0.15, 0.2) is 54.6 Å². The fourth-order valence-electron chi connectivity index (χ4n) is 3.51. The van der Waals surface area contributed by atoms with Gasteiger partial charge in [-0.15, -0.1) is 0 Å². The maximum atomic E-state index is 12.8. The Hall–Kier alpha value is -3.51. The molecule has 1 aliphatic rings. The van der Waals surface area contributed by atoms with Crippen LogP contribution in [0.3, 0.4) is 0 Å². The molecule has 158 valence electrons. The minimum atomic E-state index is -0.268. The Morgan fingerprint density at radius 3 is 2.45 bits per heavy atom. The molecule has 7 heteroatoms. The topological polar surface area (TPSA) is 76.7 Å². The first-order valence-corrected chi connectivity index (χ1v) is 10.1. The van der Waals surface area contributed by atoms with E-state index in [0.29, 0.717) is 34.1 Å². The number of aryl methyl sites for hydroxylation is 1. The van der Waals surface area contributed by atoms with Crippen molar-refractivity contribution in [1.82, 2.24) is 0 Å². The van der Waals surface area contributed by atoms with E-state index in [1.54, 1.807) is 19.2 Å². The number of esters is 1. The summed E-state index contributed by atoms with van der Waals surface area (Å²) in [6.07, 6.45) is 0.816. The first-order chi connectivity index (χ1) is 15.0. The summed E-state index contributed by atoms with van der Waals surface area (Å²) in [6, 6.07) is 16.9. The molecule has 0 unspecified atom stereocenters. The number of methoxy groups -OCH3 is 2. The first-order valence-electron chi connectivity index (χ1n) is 9.74. The summed E-state index contributed by atoms with van der Waals surface area (Å²) in [5, 5.41) is 6.84. The number of nitrogens with one attached hydrogen (secondary N) is 2. The average molecular weight is 437 g/mol. The average Bonchev–Trinajstić information content (AvgIpc) is 2.92. The Bertz CT molecular complexity index is 1180. The van der Waals surface area contributed by atoms with E-state index in [4.69, 9.17) is 21.1 Å². The molecule has 1 heterocycles. The van der Waals surface area contributed by atoms with Gasteiger partial charge in [-0.05, 0) is 59.5 Å². The van der Waals surface area contributed by atoms with Gasteiger partial charge in [0.25, 0.3) is 5.91 Å². The standard InChI is InChI=1S/C24H21ClN2O4/c1-30-22-13-16(6-8-18(22)25)15-5-7-17-20(12-15)26-19-9-3-14(4-10-23(28)31-2)11-21(19)27-24(17)29/h3,5-9,11-13,26H,4,10H2,1-2H3,(H,27,29). The van der Waals surface area contributed by atoms with Crippen molar-refractivity contribution in [2.24, 2.45) is 0 Å². The lowest BCUT2D eigenvalue weighted by Crippen LogP contribution is -2.11. The molecule has 1 amide bonds. The highest BCUT2D eigenvalue weighted by atomic mass is 35.5. The molecule has 31 heavy (non-hydrogen) atoms. The monoisotopic (exact) mass is 436 g/mol. The van der Waals surface area contributed by atoms with Gasteiger partial charge in [-0.2, -0.15) is 0 Å². The number of amides is 1. The third kappa shape index (κ3) is 4.34. The smallest absolute Gasteiger partial charge is 0.305 e. The molecular weight excluding hydrogens is 416 g/mol. The number of hydrogen-bond acceptors (Lipinski definition) is 5. The Morgan fingerprint density at radius 2 is 1.68 bits per heavy atom. The van der Waals surface area contributed by atoms with E-state index in [9.17, 15) is 9.59 Å². The van der Waals surface area contributed by atoms with Crippen LogP contribution >= 0.6 is 11.6 Å². The van der Waals surface area contributed by atoms with Gasteiger partial charge < -0.3 is 20.1 Å². The van der Waals surface area contributed by atoms with Crippen molar-refractivity contribution in [2.45, 2.75) is 12.8 Å². The van der Waals surface area contributed by atoms with Crippen LogP contribution < -0.4 is 15.4 Å². The number of ether oxygens (including phenoxy) is 2. The largest absolute Gasteiger partial charge is 0.495 e.